The molecule has 4 nitrogen and oxygen atoms in total. The standard InChI is InChI=1S/C14H21N3O/c1-2-4-13-12(3-1)14(17-10-16-13)18-8-6-11-5-7-15-9-11/h10-11,15H,1-9H2. The van der Waals surface area contributed by atoms with E-state index in [0.29, 0.717) is 0 Å². The highest BCUT2D eigenvalue weighted by atomic mass is 16.5. The monoisotopic (exact) mass is 247 g/mol. The molecule has 1 N–H and O–H groups in total. The van der Waals surface area contributed by atoms with E-state index in [4.69, 9.17) is 4.74 Å². The first kappa shape index (κ1) is 11.9. The summed E-state index contributed by atoms with van der Waals surface area (Å²) in [6.07, 6.45) is 8.71. The zero-order valence-corrected chi connectivity index (χ0v) is 10.8. The maximum Gasteiger partial charge on any atom is 0.219 e. The minimum absolute atomic E-state index is 0.780. The molecule has 1 aromatic heterocycles. The van der Waals surface area contributed by atoms with Crippen LogP contribution < -0.4 is 10.1 Å². The van der Waals surface area contributed by atoms with Crippen LogP contribution >= 0.6 is 0 Å². The normalized spacial score (nSPS) is 22.8. The quantitative estimate of drug-likeness (QED) is 0.880. The van der Waals surface area contributed by atoms with Gasteiger partial charge in [-0.1, -0.05) is 0 Å². The first-order valence-electron chi connectivity index (χ1n) is 7.10. The molecule has 2 heterocycles. The Kier molecular flexibility index (Phi) is 3.74. The topological polar surface area (TPSA) is 47.0 Å². The summed E-state index contributed by atoms with van der Waals surface area (Å²) < 4.78 is 5.89. The van der Waals surface area contributed by atoms with Crippen molar-refractivity contribution in [3.8, 4) is 5.88 Å². The van der Waals surface area contributed by atoms with Gasteiger partial charge in [-0.05, 0) is 57.5 Å². The number of hydrogen-bond donors (Lipinski definition) is 1. The first-order valence-corrected chi connectivity index (χ1v) is 7.10. The van der Waals surface area contributed by atoms with Gasteiger partial charge >= 0.3 is 0 Å². The number of aromatic nitrogens is 2. The average Bonchev–Trinajstić information content (AvgIpc) is 2.92. The molecule has 1 saturated heterocycles. The van der Waals surface area contributed by atoms with Crippen molar-refractivity contribution in [2.24, 2.45) is 5.92 Å². The summed E-state index contributed by atoms with van der Waals surface area (Å²) in [6.45, 7) is 3.09. The molecular weight excluding hydrogens is 226 g/mol. The van der Waals surface area contributed by atoms with Crippen molar-refractivity contribution in [1.29, 1.82) is 0 Å². The Labute approximate surface area is 108 Å². The third-order valence-electron chi connectivity index (χ3n) is 4.01. The van der Waals surface area contributed by atoms with E-state index in [2.05, 4.69) is 15.3 Å². The third-order valence-corrected chi connectivity index (χ3v) is 4.01. The summed E-state index contributed by atoms with van der Waals surface area (Å²) in [5.74, 6) is 1.62. The van der Waals surface area contributed by atoms with Crippen molar-refractivity contribution in [3.05, 3.63) is 17.6 Å². The van der Waals surface area contributed by atoms with E-state index >= 15 is 0 Å². The van der Waals surface area contributed by atoms with Crippen molar-refractivity contribution in [2.45, 2.75) is 38.5 Å². The Balaban J connectivity index is 1.58. The first-order chi connectivity index (χ1) is 8.93. The van der Waals surface area contributed by atoms with Gasteiger partial charge in [0.25, 0.3) is 0 Å². The van der Waals surface area contributed by atoms with Crippen molar-refractivity contribution < 1.29 is 4.74 Å². The lowest BCUT2D eigenvalue weighted by atomic mass is 9.97. The van der Waals surface area contributed by atoms with Crippen LogP contribution in [0.4, 0.5) is 0 Å². The van der Waals surface area contributed by atoms with Crippen molar-refractivity contribution in [1.82, 2.24) is 15.3 Å². The highest BCUT2D eigenvalue weighted by molar-refractivity contribution is 5.31. The van der Waals surface area contributed by atoms with E-state index in [0.717, 1.165) is 50.8 Å². The highest BCUT2D eigenvalue weighted by Gasteiger charge is 2.18. The number of rotatable bonds is 4. The summed E-state index contributed by atoms with van der Waals surface area (Å²) in [4.78, 5) is 8.67. The summed E-state index contributed by atoms with van der Waals surface area (Å²) in [7, 11) is 0. The molecule has 3 rings (SSSR count). The van der Waals surface area contributed by atoms with Gasteiger partial charge in [0.1, 0.15) is 6.33 Å². The molecule has 2 aliphatic rings. The summed E-state index contributed by atoms with van der Waals surface area (Å²) >= 11 is 0. The van der Waals surface area contributed by atoms with E-state index in [1.165, 1.54) is 30.5 Å². The molecule has 0 radical (unpaired) electrons. The van der Waals surface area contributed by atoms with Crippen LogP contribution in [0, 0.1) is 5.92 Å². The molecule has 0 amide bonds. The fourth-order valence-corrected chi connectivity index (χ4v) is 2.90. The molecule has 0 saturated carbocycles. The lowest BCUT2D eigenvalue weighted by molar-refractivity contribution is 0.269. The van der Waals surface area contributed by atoms with Gasteiger partial charge in [-0.3, -0.25) is 0 Å². The predicted molar refractivity (Wildman–Crippen MR) is 69.8 cm³/mol. The second-order valence-electron chi connectivity index (χ2n) is 5.31. The highest BCUT2D eigenvalue weighted by Crippen LogP contribution is 2.26. The van der Waals surface area contributed by atoms with Gasteiger partial charge in [0.05, 0.1) is 12.3 Å². The Morgan fingerprint density at radius 1 is 1.28 bits per heavy atom. The van der Waals surface area contributed by atoms with E-state index in [1.807, 2.05) is 0 Å². The van der Waals surface area contributed by atoms with Crippen LogP contribution in [0.2, 0.25) is 0 Å². The van der Waals surface area contributed by atoms with Gasteiger partial charge in [-0.2, -0.15) is 0 Å². The second kappa shape index (κ2) is 5.65. The van der Waals surface area contributed by atoms with Crippen LogP contribution in [0.15, 0.2) is 6.33 Å². The van der Waals surface area contributed by atoms with Crippen LogP contribution in [-0.4, -0.2) is 29.7 Å². The van der Waals surface area contributed by atoms with Crippen LogP contribution in [0.25, 0.3) is 0 Å². The van der Waals surface area contributed by atoms with Crippen molar-refractivity contribution in [3.63, 3.8) is 0 Å². The molecule has 98 valence electrons. The maximum absolute atomic E-state index is 5.89. The Morgan fingerprint density at radius 3 is 3.11 bits per heavy atom. The molecule has 1 atom stereocenters. The van der Waals surface area contributed by atoms with Crippen molar-refractivity contribution >= 4 is 0 Å². The Bertz CT molecular complexity index is 402. The number of nitrogens with zero attached hydrogens (tertiary/aromatic N) is 2. The van der Waals surface area contributed by atoms with Crippen LogP contribution in [0.1, 0.15) is 36.9 Å². The molecule has 1 unspecified atom stereocenters. The maximum atomic E-state index is 5.89. The largest absolute Gasteiger partial charge is 0.477 e. The predicted octanol–water partition coefficient (Wildman–Crippen LogP) is 1.73. The summed E-state index contributed by atoms with van der Waals surface area (Å²) in [5.41, 5.74) is 2.46. The number of fused-ring (bicyclic) bond motifs is 1. The molecule has 1 aromatic rings. The van der Waals surface area contributed by atoms with E-state index in [-0.39, 0.29) is 0 Å². The minimum Gasteiger partial charge on any atom is -0.477 e. The van der Waals surface area contributed by atoms with Crippen molar-refractivity contribution in [2.75, 3.05) is 19.7 Å². The molecule has 1 fully saturated rings. The van der Waals surface area contributed by atoms with E-state index < -0.39 is 0 Å². The summed E-state index contributed by atoms with van der Waals surface area (Å²) in [5, 5.41) is 3.39. The number of aryl methyl sites for hydroxylation is 1. The van der Waals surface area contributed by atoms with Gasteiger partial charge in [0.15, 0.2) is 0 Å². The summed E-state index contributed by atoms with van der Waals surface area (Å²) in [6, 6.07) is 0. The van der Waals surface area contributed by atoms with Gasteiger partial charge in [0.2, 0.25) is 5.88 Å². The van der Waals surface area contributed by atoms with Gasteiger partial charge in [-0.25, -0.2) is 9.97 Å². The molecule has 0 spiro atoms. The number of hydrogen-bond acceptors (Lipinski definition) is 4. The number of nitrogens with one attached hydrogen (secondary N) is 1. The Morgan fingerprint density at radius 2 is 2.22 bits per heavy atom. The fourth-order valence-electron chi connectivity index (χ4n) is 2.90. The third kappa shape index (κ3) is 2.64. The van der Waals surface area contributed by atoms with Gasteiger partial charge < -0.3 is 10.1 Å². The molecule has 0 aromatic carbocycles. The second-order valence-corrected chi connectivity index (χ2v) is 5.31. The molecule has 4 heteroatoms. The van der Waals surface area contributed by atoms with Crippen LogP contribution in [-0.2, 0) is 12.8 Å². The number of ether oxygens (including phenoxy) is 1. The van der Waals surface area contributed by atoms with E-state index in [9.17, 15) is 0 Å². The molecule has 1 aliphatic carbocycles. The lowest BCUT2D eigenvalue weighted by Crippen LogP contribution is -2.14. The SMILES string of the molecule is c1nc2c(c(OCCC3CCNC3)n1)CCCC2. The zero-order valence-electron chi connectivity index (χ0n) is 10.8. The fraction of sp³-hybridized carbons (Fsp3) is 0.714. The molecule has 0 bridgehead atoms. The zero-order chi connectivity index (χ0) is 12.2. The van der Waals surface area contributed by atoms with E-state index in [1.54, 1.807) is 6.33 Å². The minimum atomic E-state index is 0.780. The molecule has 18 heavy (non-hydrogen) atoms. The molecule has 1 aliphatic heterocycles. The Hall–Kier alpha value is -1.16. The average molecular weight is 247 g/mol. The van der Waals surface area contributed by atoms with Crippen LogP contribution in [0.3, 0.4) is 0 Å². The lowest BCUT2D eigenvalue weighted by Gasteiger charge is -2.17. The molecular formula is C14H21N3O. The smallest absolute Gasteiger partial charge is 0.219 e. The van der Waals surface area contributed by atoms with Gasteiger partial charge in [0, 0.05) is 5.56 Å². The van der Waals surface area contributed by atoms with Crippen LogP contribution in [0.5, 0.6) is 5.88 Å². The van der Waals surface area contributed by atoms with Gasteiger partial charge in [-0.15, -0.1) is 0 Å².